The fourth-order valence-electron chi connectivity index (χ4n) is 3.44. The predicted octanol–water partition coefficient (Wildman–Crippen LogP) is 2.88. The Balaban J connectivity index is 1.79. The van der Waals surface area contributed by atoms with Crippen molar-refractivity contribution in [2.24, 2.45) is 11.8 Å². The van der Waals surface area contributed by atoms with Crippen LogP contribution in [0.1, 0.15) is 44.2 Å². The fourth-order valence-corrected chi connectivity index (χ4v) is 5.11. The fraction of sp³-hybridized carbons (Fsp3) is 0.667. The van der Waals surface area contributed by atoms with Crippen molar-refractivity contribution in [2.45, 2.75) is 51.9 Å². The van der Waals surface area contributed by atoms with Gasteiger partial charge in [-0.1, -0.05) is 31.5 Å². The topological polar surface area (TPSA) is 75.7 Å². The first-order valence-electron chi connectivity index (χ1n) is 10.1. The van der Waals surface area contributed by atoms with Crippen molar-refractivity contribution in [2.75, 3.05) is 32.8 Å². The van der Waals surface area contributed by atoms with Gasteiger partial charge in [-0.05, 0) is 50.7 Å². The molecule has 6 nitrogen and oxygen atoms in total. The van der Waals surface area contributed by atoms with Crippen LogP contribution in [0.3, 0.4) is 0 Å². The summed E-state index contributed by atoms with van der Waals surface area (Å²) < 4.78 is 32.9. The van der Waals surface area contributed by atoms with Crippen LogP contribution in [-0.4, -0.2) is 51.5 Å². The van der Waals surface area contributed by atoms with Crippen LogP contribution in [0, 0.1) is 25.7 Å². The number of hydrogen-bond donors (Lipinski definition) is 1. The third-order valence-electron chi connectivity index (χ3n) is 4.99. The van der Waals surface area contributed by atoms with Gasteiger partial charge in [-0.15, -0.1) is 0 Å². The van der Waals surface area contributed by atoms with Gasteiger partial charge in [-0.25, -0.2) is 8.42 Å². The van der Waals surface area contributed by atoms with Gasteiger partial charge in [0.2, 0.25) is 15.9 Å². The van der Waals surface area contributed by atoms with Gasteiger partial charge in [-0.2, -0.15) is 4.31 Å². The molecule has 0 atom stereocenters. The van der Waals surface area contributed by atoms with E-state index in [4.69, 9.17) is 4.74 Å². The predicted molar refractivity (Wildman–Crippen MR) is 111 cm³/mol. The van der Waals surface area contributed by atoms with E-state index in [2.05, 4.69) is 19.2 Å². The van der Waals surface area contributed by atoms with Crippen molar-refractivity contribution in [1.82, 2.24) is 9.62 Å². The summed E-state index contributed by atoms with van der Waals surface area (Å²) in [5.74, 6) is 0.411. The smallest absolute Gasteiger partial charge is 0.243 e. The normalized spacial score (nSPS) is 16.5. The Labute approximate surface area is 169 Å². The van der Waals surface area contributed by atoms with Crippen LogP contribution in [0.4, 0.5) is 0 Å². The molecular weight excluding hydrogens is 376 g/mol. The van der Waals surface area contributed by atoms with E-state index < -0.39 is 10.0 Å². The number of nitrogens with zero attached hydrogens (tertiary/aromatic N) is 1. The van der Waals surface area contributed by atoms with Gasteiger partial charge in [0.15, 0.2) is 0 Å². The first-order valence-corrected chi connectivity index (χ1v) is 11.6. The number of piperidine rings is 1. The lowest BCUT2D eigenvalue weighted by Gasteiger charge is -2.31. The van der Waals surface area contributed by atoms with Crippen LogP contribution >= 0.6 is 0 Å². The number of aryl methyl sites for hydroxylation is 2. The number of benzene rings is 1. The quantitative estimate of drug-likeness (QED) is 0.635. The molecule has 0 bridgehead atoms. The molecule has 1 amide bonds. The minimum absolute atomic E-state index is 0.0208. The summed E-state index contributed by atoms with van der Waals surface area (Å²) in [7, 11) is -3.51. The number of carbonyl (C=O) groups excluding carboxylic acids is 1. The molecule has 1 N–H and O–H groups in total. The van der Waals surface area contributed by atoms with Crippen LogP contribution < -0.4 is 5.32 Å². The first kappa shape index (κ1) is 22.8. The van der Waals surface area contributed by atoms with Crippen molar-refractivity contribution < 1.29 is 17.9 Å². The molecule has 1 aliphatic rings. The largest absolute Gasteiger partial charge is 0.381 e. The van der Waals surface area contributed by atoms with E-state index in [0.717, 1.165) is 24.2 Å². The Morgan fingerprint density at radius 1 is 1.25 bits per heavy atom. The van der Waals surface area contributed by atoms with Crippen molar-refractivity contribution in [1.29, 1.82) is 0 Å². The highest BCUT2D eigenvalue weighted by molar-refractivity contribution is 7.89. The maximum absolute atomic E-state index is 12.9. The molecule has 0 unspecified atom stereocenters. The highest BCUT2D eigenvalue weighted by Gasteiger charge is 2.32. The monoisotopic (exact) mass is 410 g/mol. The highest BCUT2D eigenvalue weighted by Crippen LogP contribution is 2.26. The number of hydrogen-bond acceptors (Lipinski definition) is 4. The molecule has 0 radical (unpaired) electrons. The summed E-state index contributed by atoms with van der Waals surface area (Å²) in [6.45, 7) is 10.7. The molecule has 7 heteroatoms. The minimum atomic E-state index is -3.51. The zero-order chi connectivity index (χ0) is 20.7. The molecule has 1 heterocycles. The number of ether oxygens (including phenoxy) is 1. The zero-order valence-electron chi connectivity index (χ0n) is 17.5. The van der Waals surface area contributed by atoms with Crippen molar-refractivity contribution in [3.63, 3.8) is 0 Å². The van der Waals surface area contributed by atoms with Crippen LogP contribution in [0.5, 0.6) is 0 Å². The Kier molecular flexibility index (Phi) is 8.46. The second-order valence-electron chi connectivity index (χ2n) is 8.06. The third-order valence-corrected chi connectivity index (χ3v) is 7.05. The lowest BCUT2D eigenvalue weighted by molar-refractivity contribution is -0.126. The number of amides is 1. The highest BCUT2D eigenvalue weighted by atomic mass is 32.2. The molecule has 0 aliphatic carbocycles. The summed E-state index contributed by atoms with van der Waals surface area (Å²) in [5.41, 5.74) is 1.81. The molecule has 1 saturated heterocycles. The van der Waals surface area contributed by atoms with Crippen LogP contribution in [0.15, 0.2) is 23.1 Å². The first-order chi connectivity index (χ1) is 13.2. The Bertz CT molecular complexity index is 754. The summed E-state index contributed by atoms with van der Waals surface area (Å²) >= 11 is 0. The van der Waals surface area contributed by atoms with E-state index in [-0.39, 0.29) is 11.8 Å². The lowest BCUT2D eigenvalue weighted by Crippen LogP contribution is -2.43. The van der Waals surface area contributed by atoms with Gasteiger partial charge in [0.05, 0.1) is 4.90 Å². The van der Waals surface area contributed by atoms with Crippen LogP contribution in [0.2, 0.25) is 0 Å². The minimum Gasteiger partial charge on any atom is -0.381 e. The van der Waals surface area contributed by atoms with Gasteiger partial charge >= 0.3 is 0 Å². The van der Waals surface area contributed by atoms with Crippen molar-refractivity contribution in [3.05, 3.63) is 29.3 Å². The Hall–Kier alpha value is -1.44. The van der Waals surface area contributed by atoms with Gasteiger partial charge in [0, 0.05) is 38.8 Å². The summed E-state index contributed by atoms with van der Waals surface area (Å²) in [5, 5.41) is 2.95. The van der Waals surface area contributed by atoms with E-state index in [1.807, 2.05) is 26.0 Å². The maximum atomic E-state index is 12.9. The molecular formula is C21H34N2O4S. The van der Waals surface area contributed by atoms with E-state index >= 15 is 0 Å². The molecule has 1 aliphatic heterocycles. The summed E-state index contributed by atoms with van der Waals surface area (Å²) in [6, 6.07) is 5.39. The average molecular weight is 411 g/mol. The van der Waals surface area contributed by atoms with Gasteiger partial charge in [0.25, 0.3) is 0 Å². The zero-order valence-corrected chi connectivity index (χ0v) is 18.3. The Morgan fingerprint density at radius 2 is 1.93 bits per heavy atom. The number of carbonyl (C=O) groups is 1. The molecule has 158 valence electrons. The molecule has 0 saturated carbocycles. The third kappa shape index (κ3) is 6.29. The van der Waals surface area contributed by atoms with E-state index in [1.165, 1.54) is 4.31 Å². The van der Waals surface area contributed by atoms with Gasteiger partial charge in [0.1, 0.15) is 0 Å². The second-order valence-corrected chi connectivity index (χ2v) is 9.97. The van der Waals surface area contributed by atoms with E-state index in [1.54, 1.807) is 6.07 Å². The molecule has 28 heavy (non-hydrogen) atoms. The summed E-state index contributed by atoms with van der Waals surface area (Å²) in [4.78, 5) is 12.7. The molecule has 1 fully saturated rings. The van der Waals surface area contributed by atoms with E-state index in [9.17, 15) is 13.2 Å². The summed E-state index contributed by atoms with van der Waals surface area (Å²) in [6.07, 6.45) is 1.90. The molecule has 1 aromatic carbocycles. The standard InChI is InChI=1S/C21H34N2O4S/c1-16(2)15-27-13-5-10-22-21(24)19-8-11-23(12-9-19)28(25,26)20-7-6-17(3)14-18(20)4/h6-7,14,16,19H,5,8-13,15H2,1-4H3,(H,22,24). The number of rotatable bonds is 9. The van der Waals surface area contributed by atoms with Gasteiger partial charge < -0.3 is 10.1 Å². The molecule has 0 aromatic heterocycles. The van der Waals surface area contributed by atoms with Crippen molar-refractivity contribution >= 4 is 15.9 Å². The van der Waals surface area contributed by atoms with Crippen molar-refractivity contribution in [3.8, 4) is 0 Å². The molecule has 2 rings (SSSR count). The van der Waals surface area contributed by atoms with Crippen LogP contribution in [0.25, 0.3) is 0 Å². The lowest BCUT2D eigenvalue weighted by atomic mass is 9.97. The van der Waals surface area contributed by atoms with Gasteiger partial charge in [-0.3, -0.25) is 4.79 Å². The van der Waals surface area contributed by atoms with E-state index in [0.29, 0.717) is 49.9 Å². The number of sulfonamides is 1. The maximum Gasteiger partial charge on any atom is 0.243 e. The number of nitrogens with one attached hydrogen (secondary N) is 1. The van der Waals surface area contributed by atoms with Crippen LogP contribution in [-0.2, 0) is 19.6 Å². The molecule has 1 aromatic rings. The average Bonchev–Trinajstić information content (AvgIpc) is 2.64. The SMILES string of the molecule is Cc1ccc(S(=O)(=O)N2CCC(C(=O)NCCCOCC(C)C)CC2)c(C)c1. The molecule has 0 spiro atoms. The Morgan fingerprint density at radius 3 is 2.54 bits per heavy atom. The second kappa shape index (κ2) is 10.4.